The molecule has 0 unspecified atom stereocenters. The lowest BCUT2D eigenvalue weighted by Crippen LogP contribution is -2.41. The Bertz CT molecular complexity index is 777. The number of carbonyl (C=O) groups excluding carboxylic acids is 1. The van der Waals surface area contributed by atoms with E-state index >= 15 is 0 Å². The highest BCUT2D eigenvalue weighted by atomic mass is 16.5. The van der Waals surface area contributed by atoms with Crippen LogP contribution in [-0.4, -0.2) is 40.4 Å². The number of rotatable bonds is 0. The normalized spacial score (nSPS) is 23.6. The number of urea groups is 1. The molecule has 1 saturated carbocycles. The number of nitrogens with one attached hydrogen (secondary N) is 4. The first kappa shape index (κ1) is 17.6. The van der Waals surface area contributed by atoms with Crippen LogP contribution in [0.4, 0.5) is 16.4 Å². The van der Waals surface area contributed by atoms with Crippen LogP contribution in [0.2, 0.25) is 0 Å². The van der Waals surface area contributed by atoms with Crippen LogP contribution in [0, 0.1) is 0 Å². The number of H-pyrrole nitrogens is 1. The molecule has 1 fully saturated rings. The van der Waals surface area contributed by atoms with Crippen molar-refractivity contribution in [3.05, 3.63) is 30.0 Å². The smallest absolute Gasteiger partial charge is 0.315 e. The number of aromatic nitrogens is 3. The first-order chi connectivity index (χ1) is 13.3. The number of pyridine rings is 1. The summed E-state index contributed by atoms with van der Waals surface area (Å²) in [4.78, 5) is 16.5. The summed E-state index contributed by atoms with van der Waals surface area (Å²) < 4.78 is 5.73. The molecule has 4 rings (SSSR count). The molecule has 0 aromatic carbocycles. The van der Waals surface area contributed by atoms with Crippen LogP contribution in [0.25, 0.3) is 0 Å². The first-order valence-electron chi connectivity index (χ1n) is 9.73. The molecule has 144 valence electrons. The number of anilines is 2. The third-order valence-corrected chi connectivity index (χ3v) is 5.14. The Balaban J connectivity index is 1.48. The van der Waals surface area contributed by atoms with E-state index in [1.54, 1.807) is 0 Å². The predicted octanol–water partition coefficient (Wildman–Crippen LogP) is 3.05. The van der Waals surface area contributed by atoms with Gasteiger partial charge >= 0.3 is 6.03 Å². The minimum Gasteiger partial charge on any atom is -0.478 e. The van der Waals surface area contributed by atoms with E-state index in [1.807, 2.05) is 24.3 Å². The molecule has 27 heavy (non-hydrogen) atoms. The number of hydrogen-bond donors (Lipinski definition) is 4. The predicted molar refractivity (Wildman–Crippen MR) is 102 cm³/mol. The molecule has 2 atom stereocenters. The summed E-state index contributed by atoms with van der Waals surface area (Å²) in [5, 5.41) is 16.8. The molecular weight excluding hydrogens is 344 g/mol. The van der Waals surface area contributed by atoms with Gasteiger partial charge in [-0.25, -0.2) is 4.79 Å². The highest BCUT2D eigenvalue weighted by Gasteiger charge is 2.28. The van der Waals surface area contributed by atoms with Crippen molar-refractivity contribution in [1.29, 1.82) is 0 Å². The van der Waals surface area contributed by atoms with E-state index in [9.17, 15) is 4.79 Å². The van der Waals surface area contributed by atoms with Gasteiger partial charge in [-0.05, 0) is 44.6 Å². The van der Waals surface area contributed by atoms with Crippen molar-refractivity contribution in [2.75, 3.05) is 18.5 Å². The van der Waals surface area contributed by atoms with Gasteiger partial charge in [0.05, 0.1) is 6.61 Å². The van der Waals surface area contributed by atoms with Gasteiger partial charge in [-0.1, -0.05) is 6.07 Å². The van der Waals surface area contributed by atoms with Gasteiger partial charge < -0.3 is 20.7 Å². The molecule has 2 aliphatic rings. The van der Waals surface area contributed by atoms with Gasteiger partial charge in [-0.3, -0.25) is 5.10 Å². The Morgan fingerprint density at radius 3 is 3.04 bits per heavy atom. The molecular formula is C19H26N6O2. The number of nitrogens with zero attached hydrogens (tertiary/aromatic N) is 2. The number of carbonyl (C=O) groups is 1. The number of hydrogen-bond acceptors (Lipinski definition) is 5. The van der Waals surface area contributed by atoms with Crippen molar-refractivity contribution < 1.29 is 9.53 Å². The van der Waals surface area contributed by atoms with Gasteiger partial charge in [-0.15, -0.1) is 0 Å². The van der Waals surface area contributed by atoms with Crippen molar-refractivity contribution in [2.45, 2.75) is 50.5 Å². The summed E-state index contributed by atoms with van der Waals surface area (Å²) in [5.41, 5.74) is 1.09. The van der Waals surface area contributed by atoms with E-state index in [4.69, 9.17) is 4.74 Å². The van der Waals surface area contributed by atoms with Crippen LogP contribution in [0.15, 0.2) is 24.3 Å². The van der Waals surface area contributed by atoms with Crippen molar-refractivity contribution >= 4 is 17.7 Å². The molecule has 0 spiro atoms. The maximum absolute atomic E-state index is 12.1. The Labute approximate surface area is 158 Å². The summed E-state index contributed by atoms with van der Waals surface area (Å²) >= 11 is 0. The fourth-order valence-corrected chi connectivity index (χ4v) is 3.72. The zero-order valence-corrected chi connectivity index (χ0v) is 15.3. The fraction of sp³-hybridized carbons (Fsp3) is 0.526. The highest BCUT2D eigenvalue weighted by Crippen LogP contribution is 2.34. The summed E-state index contributed by atoms with van der Waals surface area (Å²) in [6, 6.07) is 7.84. The second-order valence-corrected chi connectivity index (χ2v) is 7.21. The molecule has 3 heterocycles. The van der Waals surface area contributed by atoms with Crippen molar-refractivity contribution in [1.82, 2.24) is 25.8 Å². The minimum absolute atomic E-state index is 0.0676. The van der Waals surface area contributed by atoms with E-state index < -0.39 is 0 Å². The van der Waals surface area contributed by atoms with Gasteiger partial charge in [0.1, 0.15) is 5.82 Å². The number of amides is 2. The Morgan fingerprint density at radius 2 is 2.07 bits per heavy atom. The number of ether oxygens (including phenoxy) is 1. The molecule has 4 N–H and O–H groups in total. The molecule has 0 radical (unpaired) electrons. The van der Waals surface area contributed by atoms with E-state index in [0.29, 0.717) is 30.8 Å². The first-order valence-corrected chi connectivity index (χ1v) is 9.73. The number of aromatic amines is 1. The zero-order valence-electron chi connectivity index (χ0n) is 15.3. The lowest BCUT2D eigenvalue weighted by atomic mass is 10.0. The molecule has 0 saturated heterocycles. The molecule has 1 aliphatic heterocycles. The SMILES string of the molecule is O=C1NCCCCCOc2cccc(n2)Nc2cc([nH]n2)[C@H]2CC[C@H](C2)N1. The maximum atomic E-state index is 12.1. The lowest BCUT2D eigenvalue weighted by Gasteiger charge is -2.14. The van der Waals surface area contributed by atoms with Crippen molar-refractivity contribution in [3.8, 4) is 5.88 Å². The average molecular weight is 370 g/mol. The van der Waals surface area contributed by atoms with Gasteiger partial charge in [-0.2, -0.15) is 10.1 Å². The minimum atomic E-state index is -0.0676. The van der Waals surface area contributed by atoms with Crippen LogP contribution in [0.1, 0.15) is 50.1 Å². The summed E-state index contributed by atoms with van der Waals surface area (Å²) in [6.07, 6.45) is 5.82. The standard InChI is InChI=1S/C19H26N6O2/c26-19-20-9-2-1-3-10-27-18-6-4-5-16(23-18)22-17-12-15(24-25-17)13-7-8-14(11-13)21-19/h4-6,12-14H,1-3,7-11H2,(H2,20,21,26)(H2,22,23,24,25)/t13-,14+/m0/s1. The Morgan fingerprint density at radius 1 is 1.11 bits per heavy atom. The largest absolute Gasteiger partial charge is 0.478 e. The van der Waals surface area contributed by atoms with E-state index in [-0.39, 0.29) is 12.1 Å². The van der Waals surface area contributed by atoms with Gasteiger partial charge in [0.2, 0.25) is 5.88 Å². The summed E-state index contributed by atoms with van der Waals surface area (Å²) in [7, 11) is 0. The van der Waals surface area contributed by atoms with E-state index in [2.05, 4.69) is 31.1 Å². The summed E-state index contributed by atoms with van der Waals surface area (Å²) in [5.74, 6) is 2.43. The molecule has 2 aromatic rings. The van der Waals surface area contributed by atoms with E-state index in [0.717, 1.165) is 50.0 Å². The Kier molecular flexibility index (Phi) is 5.41. The maximum Gasteiger partial charge on any atom is 0.315 e. The van der Waals surface area contributed by atoms with Crippen molar-refractivity contribution in [2.24, 2.45) is 0 Å². The van der Waals surface area contributed by atoms with Crippen LogP contribution < -0.4 is 20.7 Å². The molecule has 2 amide bonds. The second-order valence-electron chi connectivity index (χ2n) is 7.21. The van der Waals surface area contributed by atoms with Gasteiger partial charge in [0.25, 0.3) is 0 Å². The van der Waals surface area contributed by atoms with Crippen LogP contribution in [0.5, 0.6) is 5.88 Å². The molecule has 6 bridgehead atoms. The molecule has 2 aromatic heterocycles. The number of fused-ring (bicyclic) bond motifs is 7. The fourth-order valence-electron chi connectivity index (χ4n) is 3.72. The zero-order chi connectivity index (χ0) is 18.5. The Hall–Kier alpha value is -2.77. The second kappa shape index (κ2) is 8.28. The van der Waals surface area contributed by atoms with Crippen LogP contribution >= 0.6 is 0 Å². The lowest BCUT2D eigenvalue weighted by molar-refractivity contribution is 0.236. The monoisotopic (exact) mass is 370 g/mol. The third kappa shape index (κ3) is 4.69. The third-order valence-electron chi connectivity index (χ3n) is 5.14. The molecule has 8 nitrogen and oxygen atoms in total. The highest BCUT2D eigenvalue weighted by molar-refractivity contribution is 5.74. The molecule has 8 heteroatoms. The summed E-state index contributed by atoms with van der Waals surface area (Å²) in [6.45, 7) is 1.29. The van der Waals surface area contributed by atoms with E-state index in [1.165, 1.54) is 0 Å². The molecule has 1 aliphatic carbocycles. The van der Waals surface area contributed by atoms with Crippen molar-refractivity contribution in [3.63, 3.8) is 0 Å². The average Bonchev–Trinajstić information content (AvgIpc) is 3.30. The van der Waals surface area contributed by atoms with Gasteiger partial charge in [0.15, 0.2) is 5.82 Å². The topological polar surface area (TPSA) is 104 Å². The van der Waals surface area contributed by atoms with Crippen LogP contribution in [-0.2, 0) is 0 Å². The quantitative estimate of drug-likeness (QED) is 0.571. The van der Waals surface area contributed by atoms with Crippen LogP contribution in [0.3, 0.4) is 0 Å². The van der Waals surface area contributed by atoms with Gasteiger partial charge in [0, 0.05) is 36.3 Å².